The van der Waals surface area contributed by atoms with E-state index >= 15 is 0 Å². The molecule has 0 aromatic rings. The molecule has 0 saturated heterocycles. The van der Waals surface area contributed by atoms with Crippen molar-refractivity contribution in [2.45, 2.75) is 65.2 Å². The van der Waals surface area contributed by atoms with Crippen LogP contribution in [0.1, 0.15) is 65.2 Å². The fourth-order valence-corrected chi connectivity index (χ4v) is 4.09. The molecule has 1 aliphatic carbocycles. The van der Waals surface area contributed by atoms with Crippen molar-refractivity contribution in [1.29, 1.82) is 0 Å². The first kappa shape index (κ1) is 21.3. The summed E-state index contributed by atoms with van der Waals surface area (Å²) in [6.45, 7) is 5.83. The van der Waals surface area contributed by atoms with E-state index in [1.54, 1.807) is 7.05 Å². The van der Waals surface area contributed by atoms with Gasteiger partial charge in [0.05, 0.1) is 5.75 Å². The lowest BCUT2D eigenvalue weighted by molar-refractivity contribution is 0.331. The summed E-state index contributed by atoms with van der Waals surface area (Å²) in [5.41, 5.74) is -0.0806. The van der Waals surface area contributed by atoms with Gasteiger partial charge in [0.2, 0.25) is 0 Å². The first-order valence-electron chi connectivity index (χ1n) is 9.34. The molecule has 2 N–H and O–H groups in total. The number of nitrogens with one attached hydrogen (secondary N) is 2. The van der Waals surface area contributed by atoms with Gasteiger partial charge in [0.1, 0.15) is 9.84 Å². The van der Waals surface area contributed by atoms with E-state index in [1.165, 1.54) is 51.2 Å². The maximum atomic E-state index is 11.3. The minimum atomic E-state index is -2.90. The van der Waals surface area contributed by atoms with Crippen molar-refractivity contribution in [2.24, 2.45) is 16.3 Å². The zero-order chi connectivity index (χ0) is 18.1. The molecule has 1 rings (SSSR count). The average molecular weight is 360 g/mol. The molecule has 0 spiro atoms. The zero-order valence-electron chi connectivity index (χ0n) is 16.0. The van der Waals surface area contributed by atoms with Crippen LogP contribution in [0, 0.1) is 11.3 Å². The van der Waals surface area contributed by atoms with Gasteiger partial charge in [-0.2, -0.15) is 0 Å². The molecule has 1 aliphatic rings. The van der Waals surface area contributed by atoms with Crippen molar-refractivity contribution < 1.29 is 8.42 Å². The van der Waals surface area contributed by atoms with Crippen molar-refractivity contribution in [1.82, 2.24) is 10.6 Å². The molecule has 0 aromatic heterocycles. The quantitative estimate of drug-likeness (QED) is 0.377. The van der Waals surface area contributed by atoms with E-state index < -0.39 is 9.84 Å². The van der Waals surface area contributed by atoms with Gasteiger partial charge < -0.3 is 10.6 Å². The number of guanidine groups is 1. The Kier molecular flexibility index (Phi) is 9.09. The predicted molar refractivity (Wildman–Crippen MR) is 103 cm³/mol. The van der Waals surface area contributed by atoms with E-state index in [4.69, 9.17) is 0 Å². The Morgan fingerprint density at radius 3 is 2.42 bits per heavy atom. The second-order valence-corrected chi connectivity index (χ2v) is 10.3. The maximum absolute atomic E-state index is 11.3. The van der Waals surface area contributed by atoms with E-state index in [-0.39, 0.29) is 11.2 Å². The van der Waals surface area contributed by atoms with Crippen molar-refractivity contribution in [3.8, 4) is 0 Å². The SMILES string of the molecule is CN=C(NCCCC1CCCCC1)NCC(C)(C)CCS(C)(=O)=O. The molecule has 0 atom stereocenters. The minimum Gasteiger partial charge on any atom is -0.356 e. The number of hydrogen-bond donors (Lipinski definition) is 2. The van der Waals surface area contributed by atoms with Crippen LogP contribution in [-0.2, 0) is 9.84 Å². The zero-order valence-corrected chi connectivity index (χ0v) is 16.8. The van der Waals surface area contributed by atoms with E-state index in [1.807, 2.05) is 0 Å². The van der Waals surface area contributed by atoms with Gasteiger partial charge in [0.15, 0.2) is 5.96 Å². The number of aliphatic imine (C=N–C) groups is 1. The predicted octanol–water partition coefficient (Wildman–Crippen LogP) is 2.97. The molecule has 0 unspecified atom stereocenters. The summed E-state index contributed by atoms with van der Waals surface area (Å²) in [6.07, 6.45) is 11.5. The first-order chi connectivity index (χ1) is 11.2. The molecule has 24 heavy (non-hydrogen) atoms. The fourth-order valence-electron chi connectivity index (χ4n) is 3.17. The summed E-state index contributed by atoms with van der Waals surface area (Å²) < 4.78 is 22.6. The van der Waals surface area contributed by atoms with E-state index in [9.17, 15) is 8.42 Å². The minimum absolute atomic E-state index is 0.0806. The van der Waals surface area contributed by atoms with Crippen LogP contribution in [-0.4, -0.2) is 46.5 Å². The maximum Gasteiger partial charge on any atom is 0.190 e. The van der Waals surface area contributed by atoms with E-state index in [0.29, 0.717) is 13.0 Å². The number of hydrogen-bond acceptors (Lipinski definition) is 3. The molecule has 1 saturated carbocycles. The van der Waals surface area contributed by atoms with Gasteiger partial charge in [0, 0.05) is 26.4 Å². The summed E-state index contributed by atoms with van der Waals surface area (Å²) in [6, 6.07) is 0. The summed E-state index contributed by atoms with van der Waals surface area (Å²) in [5.74, 6) is 1.96. The molecule has 0 radical (unpaired) electrons. The van der Waals surface area contributed by atoms with E-state index in [0.717, 1.165) is 18.4 Å². The van der Waals surface area contributed by atoms with Crippen molar-refractivity contribution in [2.75, 3.05) is 32.1 Å². The Labute approximate surface area is 149 Å². The number of rotatable bonds is 9. The third-order valence-corrected chi connectivity index (χ3v) is 5.86. The Bertz CT molecular complexity index is 480. The standard InChI is InChI=1S/C18H37N3O2S/c1-18(2,12-14-24(4,22)23)15-21-17(19-3)20-13-8-11-16-9-6-5-7-10-16/h16H,5-15H2,1-4H3,(H2,19,20,21). The number of nitrogens with zero attached hydrogens (tertiary/aromatic N) is 1. The smallest absolute Gasteiger partial charge is 0.190 e. The molecule has 0 heterocycles. The third kappa shape index (κ3) is 10.2. The van der Waals surface area contributed by atoms with Crippen LogP contribution < -0.4 is 10.6 Å². The fraction of sp³-hybridized carbons (Fsp3) is 0.944. The highest BCUT2D eigenvalue weighted by Gasteiger charge is 2.20. The van der Waals surface area contributed by atoms with Gasteiger partial charge in [-0.05, 0) is 30.6 Å². The van der Waals surface area contributed by atoms with Gasteiger partial charge in [-0.15, -0.1) is 0 Å². The largest absolute Gasteiger partial charge is 0.356 e. The van der Waals surface area contributed by atoms with Crippen LogP contribution in [0.3, 0.4) is 0 Å². The molecule has 0 bridgehead atoms. The van der Waals surface area contributed by atoms with Crippen LogP contribution in [0.4, 0.5) is 0 Å². The summed E-state index contributed by atoms with van der Waals surface area (Å²) in [4.78, 5) is 4.26. The Morgan fingerprint density at radius 1 is 1.17 bits per heavy atom. The molecule has 0 aliphatic heterocycles. The van der Waals surface area contributed by atoms with Gasteiger partial charge >= 0.3 is 0 Å². The van der Waals surface area contributed by atoms with Crippen LogP contribution in [0.25, 0.3) is 0 Å². The molecule has 0 amide bonds. The van der Waals surface area contributed by atoms with E-state index in [2.05, 4.69) is 29.5 Å². The highest BCUT2D eigenvalue weighted by molar-refractivity contribution is 7.90. The first-order valence-corrected chi connectivity index (χ1v) is 11.4. The highest BCUT2D eigenvalue weighted by atomic mass is 32.2. The van der Waals surface area contributed by atoms with Gasteiger partial charge in [0.25, 0.3) is 0 Å². The van der Waals surface area contributed by atoms with Crippen molar-refractivity contribution in [3.05, 3.63) is 0 Å². The number of sulfone groups is 1. The highest BCUT2D eigenvalue weighted by Crippen LogP contribution is 2.26. The third-order valence-electron chi connectivity index (χ3n) is 4.91. The average Bonchev–Trinajstić information content (AvgIpc) is 2.53. The Balaban J connectivity index is 2.21. The lowest BCUT2D eigenvalue weighted by Gasteiger charge is -2.26. The summed E-state index contributed by atoms with van der Waals surface area (Å²) in [5, 5.41) is 6.70. The van der Waals surface area contributed by atoms with Crippen LogP contribution >= 0.6 is 0 Å². The molecule has 1 fully saturated rings. The molecule has 142 valence electrons. The normalized spacial score (nSPS) is 17.8. The second kappa shape index (κ2) is 10.3. The monoisotopic (exact) mass is 359 g/mol. The molecule has 0 aromatic carbocycles. The molecular weight excluding hydrogens is 322 g/mol. The summed E-state index contributed by atoms with van der Waals surface area (Å²) >= 11 is 0. The summed E-state index contributed by atoms with van der Waals surface area (Å²) in [7, 11) is -1.13. The molecular formula is C18H37N3O2S. The van der Waals surface area contributed by atoms with Gasteiger partial charge in [-0.1, -0.05) is 46.0 Å². The second-order valence-electron chi connectivity index (χ2n) is 8.04. The van der Waals surface area contributed by atoms with Gasteiger partial charge in [-0.3, -0.25) is 4.99 Å². The van der Waals surface area contributed by atoms with Crippen LogP contribution in [0.5, 0.6) is 0 Å². The Hall–Kier alpha value is -0.780. The lowest BCUT2D eigenvalue weighted by Crippen LogP contribution is -2.42. The van der Waals surface area contributed by atoms with Crippen LogP contribution in [0.2, 0.25) is 0 Å². The van der Waals surface area contributed by atoms with Crippen LogP contribution in [0.15, 0.2) is 4.99 Å². The van der Waals surface area contributed by atoms with Crippen molar-refractivity contribution >= 4 is 15.8 Å². The van der Waals surface area contributed by atoms with Gasteiger partial charge in [-0.25, -0.2) is 8.42 Å². The topological polar surface area (TPSA) is 70.6 Å². The molecule has 5 nitrogen and oxygen atoms in total. The Morgan fingerprint density at radius 2 is 1.83 bits per heavy atom. The molecule has 6 heteroatoms. The lowest BCUT2D eigenvalue weighted by atomic mass is 9.86. The van der Waals surface area contributed by atoms with Crippen molar-refractivity contribution in [3.63, 3.8) is 0 Å².